The molecule has 2 heterocycles. The molecule has 0 aromatic heterocycles. The van der Waals surface area contributed by atoms with E-state index in [9.17, 15) is 14.4 Å². The zero-order chi connectivity index (χ0) is 25.1. The number of nitrogens with one attached hydrogen (secondary N) is 1. The summed E-state index contributed by atoms with van der Waals surface area (Å²) in [5.41, 5.74) is 2.87. The summed E-state index contributed by atoms with van der Waals surface area (Å²) in [4.78, 5) is 43.6. The zero-order valence-electron chi connectivity index (χ0n) is 21.3. The van der Waals surface area contributed by atoms with Gasteiger partial charge in [-0.2, -0.15) is 0 Å². The Kier molecular flexibility index (Phi) is 8.38. The van der Waals surface area contributed by atoms with Crippen molar-refractivity contribution in [3.8, 4) is 0 Å². The smallest absolute Gasteiger partial charge is 0.226 e. The van der Waals surface area contributed by atoms with Crippen molar-refractivity contribution in [3.05, 3.63) is 28.3 Å². The first-order valence-corrected chi connectivity index (χ1v) is 13.5. The molecule has 1 atom stereocenters. The molecule has 1 saturated carbocycles. The number of amides is 3. The van der Waals surface area contributed by atoms with Crippen LogP contribution in [0.2, 0.25) is 5.02 Å². The van der Waals surface area contributed by atoms with Crippen LogP contribution in [0.15, 0.2) is 12.1 Å². The molecule has 192 valence electrons. The molecule has 0 spiro atoms. The van der Waals surface area contributed by atoms with Crippen molar-refractivity contribution in [1.82, 2.24) is 14.7 Å². The van der Waals surface area contributed by atoms with Crippen LogP contribution in [0.1, 0.15) is 63.5 Å². The van der Waals surface area contributed by atoms with Crippen LogP contribution in [0.4, 0.5) is 5.69 Å². The third kappa shape index (κ3) is 6.18. The SMILES string of the molecule is CCC(=O)N1CC(CC(=O)Nc2cc(Cl)cc(CN3CCN(C(=O)C4CCCC4)C(C)C3)c2C)C1. The summed E-state index contributed by atoms with van der Waals surface area (Å²) in [5, 5.41) is 3.65. The van der Waals surface area contributed by atoms with Gasteiger partial charge in [0.05, 0.1) is 0 Å². The van der Waals surface area contributed by atoms with Crippen LogP contribution in [0.5, 0.6) is 0 Å². The number of benzene rings is 1. The summed E-state index contributed by atoms with van der Waals surface area (Å²) in [6, 6.07) is 3.98. The Balaban J connectivity index is 1.32. The van der Waals surface area contributed by atoms with Crippen molar-refractivity contribution in [2.75, 3.05) is 38.0 Å². The van der Waals surface area contributed by atoms with Gasteiger partial charge in [-0.1, -0.05) is 31.4 Å². The first-order valence-electron chi connectivity index (χ1n) is 13.1. The molecule has 3 fully saturated rings. The van der Waals surface area contributed by atoms with Crippen LogP contribution in [0.25, 0.3) is 0 Å². The lowest BCUT2D eigenvalue weighted by Crippen LogP contribution is -2.54. The standard InChI is InChI=1S/C27H39ClN4O3/c1-4-26(34)31-15-20(16-31)11-25(33)29-24-13-23(28)12-22(19(24)3)17-30-9-10-32(18(2)14-30)27(35)21-7-5-6-8-21/h12-13,18,20-21H,4-11,14-17H2,1-3H3,(H,29,33). The predicted molar refractivity (Wildman–Crippen MR) is 138 cm³/mol. The highest BCUT2D eigenvalue weighted by Crippen LogP contribution is 2.30. The summed E-state index contributed by atoms with van der Waals surface area (Å²) in [6.45, 7) is 10.5. The number of rotatable bonds is 7. The fourth-order valence-electron chi connectivity index (χ4n) is 5.77. The van der Waals surface area contributed by atoms with Crippen LogP contribution < -0.4 is 5.32 Å². The Hall–Kier alpha value is -2.12. The van der Waals surface area contributed by atoms with Gasteiger partial charge < -0.3 is 15.1 Å². The molecular formula is C27H39ClN4O3. The van der Waals surface area contributed by atoms with Crippen LogP contribution in [-0.4, -0.2) is 71.2 Å². The van der Waals surface area contributed by atoms with E-state index >= 15 is 0 Å². The highest BCUT2D eigenvalue weighted by Gasteiger charge is 2.34. The minimum Gasteiger partial charge on any atom is -0.342 e. The van der Waals surface area contributed by atoms with E-state index < -0.39 is 0 Å². The minimum atomic E-state index is -0.0393. The zero-order valence-corrected chi connectivity index (χ0v) is 22.1. The van der Waals surface area contributed by atoms with Crippen molar-refractivity contribution in [2.45, 2.75) is 71.9 Å². The number of hydrogen-bond acceptors (Lipinski definition) is 4. The summed E-state index contributed by atoms with van der Waals surface area (Å²) >= 11 is 6.44. The molecule has 35 heavy (non-hydrogen) atoms. The number of carbonyl (C=O) groups is 3. The maximum atomic E-state index is 12.9. The second-order valence-electron chi connectivity index (χ2n) is 10.6. The van der Waals surface area contributed by atoms with Crippen molar-refractivity contribution in [1.29, 1.82) is 0 Å². The van der Waals surface area contributed by atoms with Crippen molar-refractivity contribution in [2.24, 2.45) is 11.8 Å². The van der Waals surface area contributed by atoms with Gasteiger partial charge in [-0.15, -0.1) is 0 Å². The maximum Gasteiger partial charge on any atom is 0.226 e. The fraction of sp³-hybridized carbons (Fsp3) is 0.667. The Bertz CT molecular complexity index is 956. The third-order valence-electron chi connectivity index (χ3n) is 7.93. The van der Waals surface area contributed by atoms with Crippen LogP contribution in [-0.2, 0) is 20.9 Å². The van der Waals surface area contributed by atoms with Crippen LogP contribution in [0.3, 0.4) is 0 Å². The van der Waals surface area contributed by atoms with E-state index in [-0.39, 0.29) is 29.7 Å². The molecule has 8 heteroatoms. The van der Waals surface area contributed by atoms with Gasteiger partial charge in [0.1, 0.15) is 0 Å². The number of nitrogens with zero attached hydrogens (tertiary/aromatic N) is 3. The number of hydrogen-bond donors (Lipinski definition) is 1. The topological polar surface area (TPSA) is 73.0 Å². The molecule has 1 aromatic carbocycles. The number of halogens is 1. The Labute approximate surface area is 214 Å². The number of piperazine rings is 1. The highest BCUT2D eigenvalue weighted by molar-refractivity contribution is 6.31. The Morgan fingerprint density at radius 1 is 1.09 bits per heavy atom. The van der Waals surface area contributed by atoms with E-state index in [1.807, 2.05) is 30.9 Å². The van der Waals surface area contributed by atoms with Gasteiger partial charge in [0.15, 0.2) is 0 Å². The van der Waals surface area contributed by atoms with E-state index in [4.69, 9.17) is 11.6 Å². The van der Waals surface area contributed by atoms with E-state index in [0.29, 0.717) is 36.9 Å². The molecule has 3 aliphatic rings. The molecule has 0 radical (unpaired) electrons. The van der Waals surface area contributed by atoms with Gasteiger partial charge in [-0.25, -0.2) is 0 Å². The first-order chi connectivity index (χ1) is 16.7. The van der Waals surface area contributed by atoms with Crippen molar-refractivity contribution < 1.29 is 14.4 Å². The van der Waals surface area contributed by atoms with Crippen molar-refractivity contribution in [3.63, 3.8) is 0 Å². The number of anilines is 1. The van der Waals surface area contributed by atoms with Crippen LogP contribution >= 0.6 is 11.6 Å². The quantitative estimate of drug-likeness (QED) is 0.610. The molecule has 2 aliphatic heterocycles. The fourth-order valence-corrected chi connectivity index (χ4v) is 6.01. The van der Waals surface area contributed by atoms with Crippen LogP contribution in [0, 0.1) is 18.8 Å². The molecule has 0 bridgehead atoms. The number of likely N-dealkylation sites (tertiary alicyclic amines) is 1. The van der Waals surface area contributed by atoms with E-state index in [0.717, 1.165) is 55.8 Å². The Morgan fingerprint density at radius 3 is 2.46 bits per heavy atom. The van der Waals surface area contributed by atoms with Gasteiger partial charge in [0, 0.05) is 80.7 Å². The molecule has 1 aromatic rings. The summed E-state index contributed by atoms with van der Waals surface area (Å²) in [7, 11) is 0. The van der Waals surface area contributed by atoms with E-state index in [1.165, 1.54) is 12.8 Å². The average Bonchev–Trinajstić information content (AvgIpc) is 3.33. The molecule has 4 rings (SSSR count). The van der Waals surface area contributed by atoms with E-state index in [1.54, 1.807) is 0 Å². The lowest BCUT2D eigenvalue weighted by molar-refractivity contribution is -0.140. The van der Waals surface area contributed by atoms with Gasteiger partial charge >= 0.3 is 0 Å². The second kappa shape index (κ2) is 11.3. The third-order valence-corrected chi connectivity index (χ3v) is 8.15. The Morgan fingerprint density at radius 2 is 1.80 bits per heavy atom. The molecule has 1 unspecified atom stereocenters. The largest absolute Gasteiger partial charge is 0.342 e. The lowest BCUT2D eigenvalue weighted by atomic mass is 9.95. The number of carbonyl (C=O) groups excluding carboxylic acids is 3. The van der Waals surface area contributed by atoms with Gasteiger partial charge in [0.2, 0.25) is 17.7 Å². The van der Waals surface area contributed by atoms with Gasteiger partial charge in [-0.05, 0) is 49.9 Å². The molecule has 7 nitrogen and oxygen atoms in total. The molecule has 1 N–H and O–H groups in total. The normalized spacial score (nSPS) is 21.8. The monoisotopic (exact) mass is 502 g/mol. The highest BCUT2D eigenvalue weighted by atomic mass is 35.5. The summed E-state index contributed by atoms with van der Waals surface area (Å²) < 4.78 is 0. The van der Waals surface area contributed by atoms with Gasteiger partial charge in [-0.3, -0.25) is 19.3 Å². The molecule has 1 aliphatic carbocycles. The first kappa shape index (κ1) is 26.0. The molecule has 2 saturated heterocycles. The molecule has 3 amide bonds. The summed E-state index contributed by atoms with van der Waals surface area (Å²) in [5.74, 6) is 0.888. The molecular weight excluding hydrogens is 464 g/mol. The minimum absolute atomic E-state index is 0.0393. The van der Waals surface area contributed by atoms with E-state index in [2.05, 4.69) is 22.0 Å². The maximum absolute atomic E-state index is 12.9. The summed E-state index contributed by atoms with van der Waals surface area (Å²) in [6.07, 6.45) is 5.34. The predicted octanol–water partition coefficient (Wildman–Crippen LogP) is 4.07. The second-order valence-corrected chi connectivity index (χ2v) is 11.0. The van der Waals surface area contributed by atoms with Crippen molar-refractivity contribution >= 4 is 35.0 Å². The average molecular weight is 503 g/mol. The van der Waals surface area contributed by atoms with Gasteiger partial charge in [0.25, 0.3) is 0 Å². The lowest BCUT2D eigenvalue weighted by Gasteiger charge is -2.41.